The number of nitrogens with one attached hydrogen (secondary N) is 1. The van der Waals surface area contributed by atoms with Crippen LogP contribution in [0.1, 0.15) is 51.0 Å². The number of hydrogen-bond acceptors (Lipinski definition) is 9. The molecule has 0 amide bonds. The summed E-state index contributed by atoms with van der Waals surface area (Å²) < 4.78 is 34.3. The Bertz CT molecular complexity index is 1640. The highest BCUT2D eigenvalue weighted by Gasteiger charge is 2.16. The highest BCUT2D eigenvalue weighted by molar-refractivity contribution is 7.90. The number of rotatable bonds is 11. The largest absolute Gasteiger partial charge is 0.462 e. The fourth-order valence-electron chi connectivity index (χ4n) is 3.78. The Morgan fingerprint density at radius 2 is 1.82 bits per heavy atom. The molecule has 0 atom stereocenters. The van der Waals surface area contributed by atoms with Gasteiger partial charge >= 0.3 is 5.97 Å². The molecule has 0 bridgehead atoms. The van der Waals surface area contributed by atoms with Gasteiger partial charge in [0.2, 0.25) is 0 Å². The smallest absolute Gasteiger partial charge is 0.338 e. The van der Waals surface area contributed by atoms with Crippen molar-refractivity contribution in [1.29, 1.82) is 0 Å². The SMILES string of the molecule is CCOC(=O)c1ccc(COCc2csc3nc(C(=O)CCc4cccc(S(C)(=O)=O)c4)[nH]c(=O)c23)cc1. The second-order valence-electron chi connectivity index (χ2n) is 8.61. The van der Waals surface area contributed by atoms with Crippen molar-refractivity contribution < 1.29 is 27.5 Å². The molecule has 9 nitrogen and oxygen atoms in total. The van der Waals surface area contributed by atoms with Gasteiger partial charge < -0.3 is 14.5 Å². The van der Waals surface area contributed by atoms with Crippen LogP contribution in [-0.2, 0) is 38.9 Å². The van der Waals surface area contributed by atoms with Crippen molar-refractivity contribution in [1.82, 2.24) is 9.97 Å². The summed E-state index contributed by atoms with van der Waals surface area (Å²) >= 11 is 1.25. The predicted molar refractivity (Wildman–Crippen MR) is 143 cm³/mol. The number of ketones is 1. The summed E-state index contributed by atoms with van der Waals surface area (Å²) in [4.78, 5) is 44.9. The van der Waals surface area contributed by atoms with Gasteiger partial charge in [-0.15, -0.1) is 11.3 Å². The first-order chi connectivity index (χ1) is 18.2. The van der Waals surface area contributed by atoms with E-state index in [1.165, 1.54) is 17.4 Å². The molecule has 0 fully saturated rings. The molecule has 0 aliphatic carbocycles. The zero-order valence-electron chi connectivity index (χ0n) is 20.9. The molecule has 0 aliphatic rings. The molecule has 0 spiro atoms. The molecule has 2 aromatic carbocycles. The van der Waals surface area contributed by atoms with Gasteiger partial charge in [-0.1, -0.05) is 24.3 Å². The third-order valence-electron chi connectivity index (χ3n) is 5.74. The number of aromatic amines is 1. The van der Waals surface area contributed by atoms with Gasteiger partial charge in [-0.25, -0.2) is 18.2 Å². The number of carbonyl (C=O) groups excluding carboxylic acids is 2. The van der Waals surface area contributed by atoms with Crippen molar-refractivity contribution in [3.05, 3.63) is 92.3 Å². The summed E-state index contributed by atoms with van der Waals surface area (Å²) in [6.07, 6.45) is 1.51. The number of benzene rings is 2. The molecule has 2 aromatic heterocycles. The van der Waals surface area contributed by atoms with Crippen LogP contribution < -0.4 is 5.56 Å². The van der Waals surface area contributed by atoms with E-state index in [1.54, 1.807) is 54.8 Å². The quantitative estimate of drug-likeness (QED) is 0.217. The first kappa shape index (κ1) is 27.4. The summed E-state index contributed by atoms with van der Waals surface area (Å²) in [6, 6.07) is 13.3. The number of esters is 1. The Labute approximate surface area is 223 Å². The van der Waals surface area contributed by atoms with Crippen LogP contribution in [0, 0.1) is 0 Å². The maximum Gasteiger partial charge on any atom is 0.338 e. The van der Waals surface area contributed by atoms with E-state index in [1.807, 2.05) is 0 Å². The maximum atomic E-state index is 12.8. The van der Waals surface area contributed by atoms with E-state index >= 15 is 0 Å². The van der Waals surface area contributed by atoms with E-state index < -0.39 is 15.4 Å². The number of fused-ring (bicyclic) bond motifs is 1. The molecule has 198 valence electrons. The molecule has 4 rings (SSSR count). The molecule has 11 heteroatoms. The van der Waals surface area contributed by atoms with Gasteiger partial charge in [0.25, 0.3) is 5.56 Å². The molecule has 1 N–H and O–H groups in total. The summed E-state index contributed by atoms with van der Waals surface area (Å²) in [5.41, 5.74) is 2.27. The molecule has 0 radical (unpaired) electrons. The number of H-pyrrole nitrogens is 1. The van der Waals surface area contributed by atoms with Crippen LogP contribution in [0.2, 0.25) is 0 Å². The van der Waals surface area contributed by atoms with Gasteiger partial charge in [0.15, 0.2) is 21.4 Å². The monoisotopic (exact) mass is 554 g/mol. The lowest BCUT2D eigenvalue weighted by Crippen LogP contribution is -2.16. The van der Waals surface area contributed by atoms with Gasteiger partial charge in [-0.05, 0) is 54.1 Å². The Morgan fingerprint density at radius 1 is 1.05 bits per heavy atom. The van der Waals surface area contributed by atoms with E-state index in [4.69, 9.17) is 9.47 Å². The van der Waals surface area contributed by atoms with Crippen LogP contribution >= 0.6 is 11.3 Å². The van der Waals surface area contributed by atoms with Gasteiger partial charge in [0.1, 0.15) is 4.83 Å². The average molecular weight is 555 g/mol. The topological polar surface area (TPSA) is 132 Å². The number of sulfone groups is 1. The number of carbonyl (C=O) groups is 2. The number of hydrogen-bond donors (Lipinski definition) is 1. The summed E-state index contributed by atoms with van der Waals surface area (Å²) in [5, 5.41) is 2.16. The van der Waals surface area contributed by atoms with Crippen LogP contribution in [0.5, 0.6) is 0 Å². The first-order valence-electron chi connectivity index (χ1n) is 11.8. The van der Waals surface area contributed by atoms with Crippen LogP contribution in [0.15, 0.2) is 63.6 Å². The van der Waals surface area contributed by atoms with Crippen molar-refractivity contribution in [2.75, 3.05) is 12.9 Å². The zero-order valence-corrected chi connectivity index (χ0v) is 22.5. The Morgan fingerprint density at radius 3 is 2.53 bits per heavy atom. The van der Waals surface area contributed by atoms with E-state index in [2.05, 4.69) is 9.97 Å². The van der Waals surface area contributed by atoms with Gasteiger partial charge in [0.05, 0.1) is 35.7 Å². The second-order valence-corrected chi connectivity index (χ2v) is 11.5. The fraction of sp³-hybridized carbons (Fsp3) is 0.259. The highest BCUT2D eigenvalue weighted by atomic mass is 32.2. The van der Waals surface area contributed by atoms with E-state index in [0.29, 0.717) is 39.9 Å². The van der Waals surface area contributed by atoms with Crippen molar-refractivity contribution in [2.24, 2.45) is 0 Å². The standard InChI is InChI=1S/C27H26N2O7S2/c1-3-36-27(32)19-10-7-18(8-11-19)14-35-15-20-16-37-26-23(20)25(31)28-24(29-26)22(30)12-9-17-5-4-6-21(13-17)38(2,33)34/h4-8,10-11,13,16H,3,9,12,14-15H2,1-2H3,(H,28,29,31). The lowest BCUT2D eigenvalue weighted by atomic mass is 10.1. The number of nitrogens with zero attached hydrogens (tertiary/aromatic N) is 1. The van der Waals surface area contributed by atoms with Crippen molar-refractivity contribution in [3.8, 4) is 0 Å². The normalized spacial score (nSPS) is 11.5. The van der Waals surface area contributed by atoms with Gasteiger partial charge in [-0.3, -0.25) is 9.59 Å². The lowest BCUT2D eigenvalue weighted by Gasteiger charge is -2.06. The van der Waals surface area contributed by atoms with E-state index in [-0.39, 0.29) is 42.1 Å². The molecule has 0 saturated carbocycles. The minimum Gasteiger partial charge on any atom is -0.462 e. The number of Topliss-reactive ketones (excluding diaryl/α,β-unsaturated/α-hetero) is 1. The molecular weight excluding hydrogens is 528 g/mol. The fourth-order valence-corrected chi connectivity index (χ4v) is 5.40. The summed E-state index contributed by atoms with van der Waals surface area (Å²) in [7, 11) is -3.34. The molecule has 4 aromatic rings. The number of aryl methyl sites for hydroxylation is 1. The van der Waals surface area contributed by atoms with E-state index in [0.717, 1.165) is 11.8 Å². The van der Waals surface area contributed by atoms with Gasteiger partial charge in [-0.2, -0.15) is 0 Å². The Hall–Kier alpha value is -3.67. The van der Waals surface area contributed by atoms with Crippen molar-refractivity contribution in [2.45, 2.75) is 37.9 Å². The number of ether oxygens (including phenoxy) is 2. The van der Waals surface area contributed by atoms with Crippen LogP contribution in [0.25, 0.3) is 10.2 Å². The van der Waals surface area contributed by atoms with Crippen molar-refractivity contribution in [3.63, 3.8) is 0 Å². The van der Waals surface area contributed by atoms with Crippen LogP contribution in [-0.4, -0.2) is 43.0 Å². The van der Waals surface area contributed by atoms with Crippen LogP contribution in [0.4, 0.5) is 0 Å². The molecule has 38 heavy (non-hydrogen) atoms. The maximum absolute atomic E-state index is 12.8. The van der Waals surface area contributed by atoms with Gasteiger partial charge in [0, 0.05) is 18.2 Å². The molecule has 2 heterocycles. The minimum absolute atomic E-state index is 0.0298. The second kappa shape index (κ2) is 11.8. The average Bonchev–Trinajstić information content (AvgIpc) is 3.31. The number of thiophene rings is 1. The van der Waals surface area contributed by atoms with Crippen LogP contribution in [0.3, 0.4) is 0 Å². The molecule has 0 unspecified atom stereocenters. The summed E-state index contributed by atoms with van der Waals surface area (Å²) in [6.45, 7) is 2.51. The molecular formula is C27H26N2O7S2. The number of aromatic nitrogens is 2. The van der Waals surface area contributed by atoms with Crippen molar-refractivity contribution >= 4 is 43.1 Å². The first-order valence-corrected chi connectivity index (χ1v) is 14.6. The zero-order chi connectivity index (χ0) is 27.3. The molecule has 0 saturated heterocycles. The summed E-state index contributed by atoms with van der Waals surface area (Å²) in [5.74, 6) is -0.751. The third-order valence-corrected chi connectivity index (χ3v) is 7.77. The minimum atomic E-state index is -3.34. The van der Waals surface area contributed by atoms with E-state index in [9.17, 15) is 22.8 Å². The Balaban J connectivity index is 1.39. The third kappa shape index (κ3) is 6.60. The molecule has 0 aliphatic heterocycles. The lowest BCUT2D eigenvalue weighted by molar-refractivity contribution is 0.0526. The highest BCUT2D eigenvalue weighted by Crippen LogP contribution is 2.23. The predicted octanol–water partition coefficient (Wildman–Crippen LogP) is 4.10. The Kier molecular flexibility index (Phi) is 8.50.